The van der Waals surface area contributed by atoms with Crippen molar-refractivity contribution in [2.45, 2.75) is 6.42 Å². The summed E-state index contributed by atoms with van der Waals surface area (Å²) in [6.07, 6.45) is 0.217. The van der Waals surface area contributed by atoms with Gasteiger partial charge in [0.2, 0.25) is 0 Å². The first kappa shape index (κ1) is 12.2. The molecule has 0 bridgehead atoms. The molecule has 80 valence electrons. The van der Waals surface area contributed by atoms with E-state index in [2.05, 4.69) is 22.4 Å². The number of hydrogen-bond acceptors (Lipinski definition) is 3. The van der Waals surface area contributed by atoms with E-state index in [1.165, 1.54) is 0 Å². The van der Waals surface area contributed by atoms with Crippen LogP contribution in [0.1, 0.15) is 5.56 Å². The van der Waals surface area contributed by atoms with Gasteiger partial charge >= 0.3 is 7.60 Å². The van der Waals surface area contributed by atoms with Gasteiger partial charge in [-0.25, -0.2) is 0 Å². The molecule has 0 aliphatic carbocycles. The molecule has 0 spiro atoms. The summed E-state index contributed by atoms with van der Waals surface area (Å²) in [4.78, 5) is 21.1. The molecule has 1 rings (SSSR count). The fourth-order valence-corrected chi connectivity index (χ4v) is 1.72. The van der Waals surface area contributed by atoms with Crippen LogP contribution in [0.25, 0.3) is 0 Å². The zero-order valence-corrected chi connectivity index (χ0v) is 9.54. The van der Waals surface area contributed by atoms with E-state index in [4.69, 9.17) is 9.79 Å². The summed E-state index contributed by atoms with van der Waals surface area (Å²) in [6.45, 7) is 0. The Labute approximate surface area is 92.8 Å². The van der Waals surface area contributed by atoms with E-state index < -0.39 is 7.60 Å². The molecule has 0 aromatic heterocycles. The first-order valence-electron chi connectivity index (χ1n) is 4.23. The average molecular weight is 243 g/mol. The highest BCUT2D eigenvalue weighted by atomic mass is 32.1. The van der Waals surface area contributed by atoms with Gasteiger partial charge in [0.15, 0.2) is 0 Å². The van der Waals surface area contributed by atoms with Crippen molar-refractivity contribution in [3.63, 3.8) is 0 Å². The Kier molecular flexibility index (Phi) is 4.33. The van der Waals surface area contributed by atoms with E-state index in [1.807, 2.05) is 0 Å². The third-order valence-corrected chi connectivity index (χ3v) is 2.70. The molecule has 0 aliphatic rings. The third-order valence-electron chi connectivity index (χ3n) is 1.80. The van der Waals surface area contributed by atoms with Crippen LogP contribution in [0.15, 0.2) is 29.3 Å². The van der Waals surface area contributed by atoms with Crippen LogP contribution < -0.4 is 0 Å². The number of aryl methyl sites for hydroxylation is 1. The molecule has 0 amide bonds. The van der Waals surface area contributed by atoms with Gasteiger partial charge in [-0.15, -0.1) is 0 Å². The minimum absolute atomic E-state index is 0.136. The van der Waals surface area contributed by atoms with Crippen molar-refractivity contribution in [3.8, 4) is 0 Å². The Morgan fingerprint density at radius 3 is 2.40 bits per heavy atom. The molecule has 1 aromatic carbocycles. The largest absolute Gasteiger partial charge is 0.325 e. The lowest BCUT2D eigenvalue weighted by molar-refractivity contribution is 0.373. The normalized spacial score (nSPS) is 10.8. The van der Waals surface area contributed by atoms with Crippen molar-refractivity contribution in [3.05, 3.63) is 29.8 Å². The molecule has 0 unspecified atom stereocenters. The molecule has 0 saturated heterocycles. The fourth-order valence-electron chi connectivity index (χ4n) is 1.06. The van der Waals surface area contributed by atoms with Gasteiger partial charge in [0.25, 0.3) is 0 Å². The van der Waals surface area contributed by atoms with Crippen molar-refractivity contribution in [1.82, 2.24) is 0 Å². The quantitative estimate of drug-likeness (QED) is 0.483. The summed E-state index contributed by atoms with van der Waals surface area (Å²) in [5, 5.41) is 2.24. The average Bonchev–Trinajstić information content (AvgIpc) is 2.16. The van der Waals surface area contributed by atoms with Crippen molar-refractivity contribution < 1.29 is 14.4 Å². The van der Waals surface area contributed by atoms with E-state index in [9.17, 15) is 4.57 Å². The zero-order valence-electron chi connectivity index (χ0n) is 7.83. The van der Waals surface area contributed by atoms with Gasteiger partial charge in [0.1, 0.15) is 0 Å². The first-order valence-corrected chi connectivity index (χ1v) is 6.43. The van der Waals surface area contributed by atoms with Crippen LogP contribution in [0.3, 0.4) is 0 Å². The van der Waals surface area contributed by atoms with E-state index >= 15 is 0 Å². The van der Waals surface area contributed by atoms with Gasteiger partial charge in [-0.1, -0.05) is 12.1 Å². The molecule has 6 heteroatoms. The predicted molar refractivity (Wildman–Crippen MR) is 61.7 cm³/mol. The molecule has 2 N–H and O–H groups in total. The molecule has 4 nitrogen and oxygen atoms in total. The smallest absolute Gasteiger partial charge is 0.324 e. The molecule has 0 radical (unpaired) electrons. The summed E-state index contributed by atoms with van der Waals surface area (Å²) in [6, 6.07) is 6.99. The molecule has 0 atom stereocenters. The summed E-state index contributed by atoms with van der Waals surface area (Å²) < 4.78 is 10.6. The van der Waals surface area contributed by atoms with E-state index in [1.54, 1.807) is 24.3 Å². The molecule has 0 saturated carbocycles. The highest BCUT2D eigenvalue weighted by Crippen LogP contribution is 2.34. The number of aliphatic imine (C=N–C) groups is 1. The molecule has 15 heavy (non-hydrogen) atoms. The summed E-state index contributed by atoms with van der Waals surface area (Å²) in [5.74, 6) is 0. The van der Waals surface area contributed by atoms with Gasteiger partial charge in [-0.05, 0) is 36.3 Å². The minimum atomic E-state index is -3.91. The number of rotatable bonds is 4. The van der Waals surface area contributed by atoms with Crippen LogP contribution in [0, 0.1) is 0 Å². The molecule has 1 aromatic rings. The van der Waals surface area contributed by atoms with Crippen LogP contribution in [-0.4, -0.2) is 21.1 Å². The standard InChI is InChI=1S/C9H10NO3PS/c11-14(12,13)6-5-8-1-3-9(4-2-8)10-7-15/h1-4H,5-6H2,(H2,11,12,13). The number of benzene rings is 1. The van der Waals surface area contributed by atoms with Gasteiger partial charge < -0.3 is 9.79 Å². The molecule has 0 aliphatic heterocycles. The molecule has 0 heterocycles. The summed E-state index contributed by atoms with van der Waals surface area (Å²) in [5.41, 5.74) is 1.55. The highest BCUT2D eigenvalue weighted by Gasteiger charge is 2.11. The Hall–Kier alpha value is -0.830. The Morgan fingerprint density at radius 1 is 1.33 bits per heavy atom. The number of hydrogen-bond donors (Lipinski definition) is 2. The first-order chi connectivity index (χ1) is 7.01. The van der Waals surface area contributed by atoms with E-state index in [0.717, 1.165) is 5.56 Å². The topological polar surface area (TPSA) is 69.9 Å². The number of isothiocyanates is 1. The maximum atomic E-state index is 10.6. The van der Waals surface area contributed by atoms with Gasteiger partial charge in [-0.3, -0.25) is 4.57 Å². The SMILES string of the molecule is O=P(O)(O)CCc1ccc(N=C=S)cc1. The van der Waals surface area contributed by atoms with Gasteiger partial charge in [0, 0.05) is 0 Å². The van der Waals surface area contributed by atoms with Crippen molar-refractivity contribution >= 4 is 30.7 Å². The van der Waals surface area contributed by atoms with Crippen LogP contribution in [0.2, 0.25) is 0 Å². The van der Waals surface area contributed by atoms with Crippen molar-refractivity contribution in [2.75, 3.05) is 6.16 Å². The van der Waals surface area contributed by atoms with Crippen LogP contribution in [0.4, 0.5) is 5.69 Å². The second-order valence-corrected chi connectivity index (χ2v) is 4.97. The molecular weight excluding hydrogens is 233 g/mol. The predicted octanol–water partition coefficient (Wildman–Crippen LogP) is 2.14. The third kappa shape index (κ3) is 4.98. The maximum absolute atomic E-state index is 10.6. The zero-order chi connectivity index (χ0) is 11.3. The highest BCUT2D eigenvalue weighted by molar-refractivity contribution is 7.78. The van der Waals surface area contributed by atoms with E-state index in [0.29, 0.717) is 12.1 Å². The minimum Gasteiger partial charge on any atom is -0.324 e. The summed E-state index contributed by atoms with van der Waals surface area (Å²) >= 11 is 4.45. The Morgan fingerprint density at radius 2 is 1.93 bits per heavy atom. The number of thiocarbonyl (C=S) groups is 1. The monoisotopic (exact) mass is 243 g/mol. The Balaban J connectivity index is 2.65. The summed E-state index contributed by atoms with van der Waals surface area (Å²) in [7, 11) is -3.91. The van der Waals surface area contributed by atoms with Gasteiger partial charge in [0.05, 0.1) is 17.0 Å². The Bertz CT molecular complexity index is 419. The van der Waals surface area contributed by atoms with Gasteiger partial charge in [-0.2, -0.15) is 4.99 Å². The lowest BCUT2D eigenvalue weighted by Crippen LogP contribution is -1.92. The molecular formula is C9H10NO3PS. The second-order valence-electron chi connectivity index (χ2n) is 3.01. The fraction of sp³-hybridized carbons (Fsp3) is 0.222. The van der Waals surface area contributed by atoms with Crippen molar-refractivity contribution in [1.29, 1.82) is 0 Å². The lowest BCUT2D eigenvalue weighted by atomic mass is 10.1. The lowest BCUT2D eigenvalue weighted by Gasteiger charge is -2.03. The van der Waals surface area contributed by atoms with Crippen molar-refractivity contribution in [2.24, 2.45) is 4.99 Å². The van der Waals surface area contributed by atoms with E-state index in [-0.39, 0.29) is 6.16 Å². The van der Waals surface area contributed by atoms with Crippen LogP contribution >= 0.6 is 19.8 Å². The maximum Gasteiger partial charge on any atom is 0.325 e. The van der Waals surface area contributed by atoms with Crippen LogP contribution in [-0.2, 0) is 11.0 Å². The number of nitrogens with zero attached hydrogens (tertiary/aromatic N) is 1. The van der Waals surface area contributed by atoms with Crippen LogP contribution in [0.5, 0.6) is 0 Å². The molecule has 0 fully saturated rings. The second kappa shape index (κ2) is 5.31.